The zero-order valence-electron chi connectivity index (χ0n) is 52.6. The van der Waals surface area contributed by atoms with Gasteiger partial charge in [-0.3, -0.25) is 57.5 Å². The second kappa shape index (κ2) is 34.1. The van der Waals surface area contributed by atoms with Gasteiger partial charge in [-0.15, -0.1) is 0 Å². The van der Waals surface area contributed by atoms with E-state index in [1.807, 2.05) is 27.7 Å². The predicted molar refractivity (Wildman–Crippen MR) is 339 cm³/mol. The van der Waals surface area contributed by atoms with E-state index in [4.69, 9.17) is 17.2 Å². The van der Waals surface area contributed by atoms with Crippen molar-refractivity contribution in [2.45, 2.75) is 179 Å². The fourth-order valence-corrected chi connectivity index (χ4v) is 11.3. The van der Waals surface area contributed by atoms with E-state index in [2.05, 4.69) is 52.8 Å². The lowest BCUT2D eigenvalue weighted by Crippen LogP contribution is -2.62. The molecule has 26 heteroatoms. The van der Waals surface area contributed by atoms with E-state index in [1.54, 1.807) is 105 Å². The van der Waals surface area contributed by atoms with Crippen LogP contribution in [0, 0.1) is 17.8 Å². The molecule has 16 N–H and O–H groups in total. The molecule has 0 spiro atoms. The number of carbonyl (C=O) groups excluding carboxylic acids is 12. The first-order chi connectivity index (χ1) is 43.3. The van der Waals surface area contributed by atoms with Crippen LogP contribution >= 0.6 is 0 Å². The van der Waals surface area contributed by atoms with Crippen LogP contribution < -0.4 is 65.1 Å². The lowest BCUT2D eigenvalue weighted by molar-refractivity contribution is -0.142. The highest BCUT2D eigenvalue weighted by Crippen LogP contribution is 2.23. The molecule has 4 aromatic rings. The van der Waals surface area contributed by atoms with Gasteiger partial charge in [0, 0.05) is 49.3 Å². The summed E-state index contributed by atoms with van der Waals surface area (Å²) < 4.78 is 0. The van der Waals surface area contributed by atoms with E-state index in [-0.39, 0.29) is 76.3 Å². The molecule has 12 amide bonds. The van der Waals surface area contributed by atoms with Crippen molar-refractivity contribution in [3.05, 3.63) is 108 Å². The summed E-state index contributed by atoms with van der Waals surface area (Å²) in [4.78, 5) is 177. The molecule has 6 rings (SSSR count). The topological polar surface area (TPSA) is 410 Å². The average molecular weight is 1260 g/mol. The van der Waals surface area contributed by atoms with Crippen LogP contribution in [0.3, 0.4) is 0 Å². The molecule has 26 nitrogen and oxygen atoms in total. The highest BCUT2D eigenvalue weighted by molar-refractivity contribution is 6.01. The number of fused-ring (bicyclic) bond motifs is 2. The maximum atomic E-state index is 15.0. The van der Waals surface area contributed by atoms with Crippen molar-refractivity contribution in [3.8, 4) is 0 Å². The van der Waals surface area contributed by atoms with Gasteiger partial charge in [0.1, 0.15) is 60.4 Å². The number of carbonyl (C=O) groups is 12. The number of nitrogens with zero attached hydrogens (tertiary/aromatic N) is 1. The van der Waals surface area contributed by atoms with Crippen LogP contribution in [0.1, 0.15) is 116 Å². The van der Waals surface area contributed by atoms with Gasteiger partial charge in [-0.1, -0.05) is 120 Å². The number of nitrogens with two attached hydrogens (primary N) is 3. The molecule has 0 bridgehead atoms. The van der Waals surface area contributed by atoms with Crippen LogP contribution in [0.2, 0.25) is 0 Å². The Morgan fingerprint density at radius 3 is 1.51 bits per heavy atom. The molecule has 492 valence electrons. The van der Waals surface area contributed by atoms with Crippen LogP contribution in [0.25, 0.3) is 10.9 Å². The lowest BCUT2D eigenvalue weighted by Gasteiger charge is -2.32. The second-order valence-electron chi connectivity index (χ2n) is 24.7. The molecule has 0 unspecified atom stereocenters. The Hall–Kier alpha value is -9.20. The highest BCUT2D eigenvalue weighted by Gasteiger charge is 2.42. The van der Waals surface area contributed by atoms with Crippen molar-refractivity contribution in [3.63, 3.8) is 0 Å². The summed E-state index contributed by atoms with van der Waals surface area (Å²) in [5, 5.41) is 25.2. The van der Waals surface area contributed by atoms with Gasteiger partial charge in [0.05, 0.1) is 6.42 Å². The maximum Gasteiger partial charge on any atom is 0.246 e. The lowest BCUT2D eigenvalue weighted by atomic mass is 9.98. The van der Waals surface area contributed by atoms with E-state index in [9.17, 15) is 52.7 Å². The molecule has 2 fully saturated rings. The summed E-state index contributed by atoms with van der Waals surface area (Å²) in [5.74, 6) is -11.5. The molecule has 2 aliphatic rings. The number of primary amides is 2. The minimum atomic E-state index is -1.82. The highest BCUT2D eigenvalue weighted by atomic mass is 16.2. The second-order valence-corrected chi connectivity index (χ2v) is 24.7. The van der Waals surface area contributed by atoms with Gasteiger partial charge < -0.3 is 74.9 Å². The Kier molecular flexibility index (Phi) is 26.6. The minimum absolute atomic E-state index is 0.00796. The van der Waals surface area contributed by atoms with Crippen molar-refractivity contribution in [1.29, 1.82) is 0 Å². The maximum absolute atomic E-state index is 15.0. The summed E-state index contributed by atoms with van der Waals surface area (Å²) in [6.45, 7) is 10.8. The summed E-state index contributed by atoms with van der Waals surface area (Å²) in [6.07, 6.45) is 0.373. The zero-order chi connectivity index (χ0) is 66.5. The fraction of sp³-hybridized carbons (Fsp3) is 0.508. The molecule has 0 saturated carbocycles. The number of aromatic amines is 1. The van der Waals surface area contributed by atoms with Crippen molar-refractivity contribution in [2.24, 2.45) is 35.0 Å². The number of H-pyrrole nitrogens is 1. The molecule has 3 heterocycles. The first-order valence-electron chi connectivity index (χ1n) is 31.2. The molecular formula is C65H90N14O12. The number of aromatic nitrogens is 1. The van der Waals surface area contributed by atoms with Crippen LogP contribution in [0.5, 0.6) is 0 Å². The van der Waals surface area contributed by atoms with Crippen molar-refractivity contribution < 1.29 is 57.5 Å². The number of hydrogen-bond donors (Lipinski definition) is 13. The molecule has 0 aliphatic carbocycles. The Morgan fingerprint density at radius 1 is 0.495 bits per heavy atom. The molecule has 1 aromatic heterocycles. The van der Waals surface area contributed by atoms with E-state index in [1.165, 1.54) is 4.90 Å². The summed E-state index contributed by atoms with van der Waals surface area (Å²) in [5.41, 5.74) is 19.6. The minimum Gasteiger partial charge on any atom is -0.370 e. The third kappa shape index (κ3) is 21.2. The monoisotopic (exact) mass is 1260 g/mol. The summed E-state index contributed by atoms with van der Waals surface area (Å²) in [7, 11) is 0. The Morgan fingerprint density at radius 2 is 0.945 bits per heavy atom. The molecule has 0 radical (unpaired) electrons. The SMILES string of the molecule is CC(C)C[C@H]1NC(=O)[C@H](CCCN)NC(=O)[C@H](C(C)C)NC(=O)[C@H](Cc2c[nH]c3ccccc23)NC(=O)[C@H](CCC(N)=O)NC(=O)[C@H](CC(N)=O)NC(=O)[C@H](Cc2ccccc2)NC(=O)[C@@H](CC(C)C)NC(=O)[C@@H]2CCCN2C(=O)[C@H](Cc2ccccc2)NC1=O. The number of benzene rings is 3. The first-order valence-corrected chi connectivity index (χ1v) is 31.2. The van der Waals surface area contributed by atoms with Gasteiger partial charge in [-0.05, 0) is 92.0 Å². The van der Waals surface area contributed by atoms with E-state index in [0.29, 0.717) is 34.0 Å². The Labute approximate surface area is 530 Å². The Bertz CT molecular complexity index is 3210. The van der Waals surface area contributed by atoms with Gasteiger partial charge in [0.2, 0.25) is 70.9 Å². The van der Waals surface area contributed by atoms with E-state index < -0.39 is 156 Å². The number of para-hydroxylation sites is 1. The summed E-state index contributed by atoms with van der Waals surface area (Å²) >= 11 is 0. The van der Waals surface area contributed by atoms with Crippen molar-refractivity contribution >= 4 is 81.8 Å². The van der Waals surface area contributed by atoms with Gasteiger partial charge in [-0.25, -0.2) is 0 Å². The first kappa shape index (κ1) is 70.9. The van der Waals surface area contributed by atoms with Crippen LogP contribution in [-0.2, 0) is 76.8 Å². The van der Waals surface area contributed by atoms with Crippen LogP contribution in [0.4, 0.5) is 0 Å². The number of nitrogens with one attached hydrogen (secondary N) is 10. The zero-order valence-corrected chi connectivity index (χ0v) is 52.6. The smallest absolute Gasteiger partial charge is 0.246 e. The van der Waals surface area contributed by atoms with Crippen LogP contribution in [0.15, 0.2) is 91.1 Å². The van der Waals surface area contributed by atoms with Crippen LogP contribution in [-0.4, -0.2) is 154 Å². The third-order valence-electron chi connectivity index (χ3n) is 16.0. The number of hydrogen-bond acceptors (Lipinski definition) is 13. The molecule has 2 saturated heterocycles. The molecular weight excluding hydrogens is 1170 g/mol. The van der Waals surface area contributed by atoms with E-state index >= 15 is 4.79 Å². The van der Waals surface area contributed by atoms with Gasteiger partial charge in [-0.2, -0.15) is 0 Å². The normalized spacial score (nSPS) is 24.3. The predicted octanol–water partition coefficient (Wildman–Crippen LogP) is 0.192. The molecule has 3 aromatic carbocycles. The van der Waals surface area contributed by atoms with Gasteiger partial charge in [0.15, 0.2) is 0 Å². The Balaban J connectivity index is 1.46. The largest absolute Gasteiger partial charge is 0.370 e. The quantitative estimate of drug-likeness (QED) is 0.0597. The third-order valence-corrected chi connectivity index (χ3v) is 16.0. The summed E-state index contributed by atoms with van der Waals surface area (Å²) in [6, 6.07) is 10.3. The van der Waals surface area contributed by atoms with Crippen molar-refractivity contribution in [1.82, 2.24) is 57.7 Å². The molecule has 10 atom stereocenters. The number of rotatable bonds is 19. The van der Waals surface area contributed by atoms with Crippen molar-refractivity contribution in [2.75, 3.05) is 13.1 Å². The van der Waals surface area contributed by atoms with Gasteiger partial charge in [0.25, 0.3) is 0 Å². The average Bonchev–Trinajstić information content (AvgIpc) is 2.16. The molecule has 91 heavy (non-hydrogen) atoms. The van der Waals surface area contributed by atoms with E-state index in [0.717, 1.165) is 0 Å². The fourth-order valence-electron chi connectivity index (χ4n) is 11.3. The van der Waals surface area contributed by atoms with Gasteiger partial charge >= 0.3 is 0 Å². The standard InChI is InChI=1S/C65H90N14O12/c1-36(2)29-46-59(85)77-51(32-40-19-11-8-12-20-40)65(91)79-28-16-24-52(79)63(89)76-47(30-37(3)4)58(84)73-48(31-39-17-9-7-10-18-39)60(86)75-50(34-54(68)81)61(87)70-45(25-26-53(67)80)57(83)74-49(33-41-35-69-43-22-14-13-21-42(41)43)62(88)78-55(38(5)6)64(90)71-44(23-15-27-66)56(82)72-46/h7-14,17-22,35-38,44-52,55,69H,15-16,23-34,66H2,1-6H3,(H2,67,80)(H2,68,81)(H,70,87)(H,71,90)(H,72,82)(H,73,84)(H,74,83)(H,75,86)(H,76,89)(H,77,85)(H,78,88)/t44-,45-,46+,47+,48-,49-,50-,51-,52-,55-/m0/s1. The number of amides is 12. The molecule has 2 aliphatic heterocycles.